The van der Waals surface area contributed by atoms with Crippen LogP contribution in [0.4, 0.5) is 0 Å². The summed E-state index contributed by atoms with van der Waals surface area (Å²) in [5, 5.41) is 17.8. The minimum absolute atomic E-state index is 0.0107. The van der Waals surface area contributed by atoms with Crippen molar-refractivity contribution in [3.63, 3.8) is 0 Å². The molecule has 3 aromatic heterocycles. The lowest BCUT2D eigenvalue weighted by Gasteiger charge is -2.22. The van der Waals surface area contributed by atoms with Crippen molar-refractivity contribution < 1.29 is 5.11 Å². The van der Waals surface area contributed by atoms with Crippen LogP contribution >= 0.6 is 0 Å². The summed E-state index contributed by atoms with van der Waals surface area (Å²) in [5.74, 6) is 0.403. The van der Waals surface area contributed by atoms with Gasteiger partial charge in [0.05, 0.1) is 24.0 Å². The summed E-state index contributed by atoms with van der Waals surface area (Å²) < 4.78 is 2.96. The zero-order valence-electron chi connectivity index (χ0n) is 13.6. The van der Waals surface area contributed by atoms with Gasteiger partial charge in [-0.05, 0) is 19.8 Å². The molecule has 8 heteroatoms. The fraction of sp³-hybridized carbons (Fsp3) is 0.467. The third-order valence-corrected chi connectivity index (χ3v) is 3.93. The number of nitrogens with one attached hydrogen (secondary N) is 1. The molecule has 0 aliphatic rings. The van der Waals surface area contributed by atoms with Crippen molar-refractivity contribution in [2.75, 3.05) is 6.61 Å². The first-order valence-corrected chi connectivity index (χ1v) is 7.47. The molecule has 0 amide bonds. The summed E-state index contributed by atoms with van der Waals surface area (Å²) in [6, 6.07) is 0. The van der Waals surface area contributed by atoms with Crippen LogP contribution in [0.5, 0.6) is 0 Å². The van der Waals surface area contributed by atoms with Gasteiger partial charge in [0, 0.05) is 17.3 Å². The Morgan fingerprint density at radius 2 is 2.09 bits per heavy atom. The molecule has 0 saturated heterocycles. The third-order valence-electron chi connectivity index (χ3n) is 3.93. The molecular weight excluding hydrogens is 296 g/mol. The van der Waals surface area contributed by atoms with Gasteiger partial charge in [0.1, 0.15) is 6.33 Å². The monoisotopic (exact) mass is 316 g/mol. The van der Waals surface area contributed by atoms with Crippen molar-refractivity contribution in [3.05, 3.63) is 34.6 Å². The molecule has 0 aliphatic carbocycles. The normalized spacial score (nSPS) is 12.4. The Balaban J connectivity index is 2.24. The maximum atomic E-state index is 12.7. The molecule has 0 radical (unpaired) electrons. The Morgan fingerprint density at radius 1 is 1.35 bits per heavy atom. The highest BCUT2D eigenvalue weighted by molar-refractivity contribution is 5.63. The smallest absolute Gasteiger partial charge is 0.279 e. The van der Waals surface area contributed by atoms with Gasteiger partial charge in [-0.3, -0.25) is 9.48 Å². The molecule has 0 bridgehead atoms. The van der Waals surface area contributed by atoms with Crippen LogP contribution in [0.25, 0.3) is 17.0 Å². The number of aliphatic hydroxyl groups excluding tert-OH is 1. The maximum Gasteiger partial charge on any atom is 0.279 e. The van der Waals surface area contributed by atoms with E-state index in [1.165, 1.54) is 10.8 Å². The van der Waals surface area contributed by atoms with Crippen LogP contribution < -0.4 is 5.56 Å². The van der Waals surface area contributed by atoms with E-state index in [-0.39, 0.29) is 18.1 Å². The molecule has 0 aromatic carbocycles. The number of aliphatic hydroxyl groups is 1. The molecular formula is C15H20N6O2. The zero-order chi connectivity index (χ0) is 16.8. The Kier molecular flexibility index (Phi) is 3.56. The van der Waals surface area contributed by atoms with Gasteiger partial charge in [-0.25, -0.2) is 0 Å². The molecule has 2 N–H and O–H groups in total. The van der Waals surface area contributed by atoms with Crippen molar-refractivity contribution in [1.29, 1.82) is 0 Å². The average molecular weight is 316 g/mol. The van der Waals surface area contributed by atoms with Gasteiger partial charge in [-0.15, -0.1) is 0 Å². The van der Waals surface area contributed by atoms with Crippen LogP contribution in [0.3, 0.4) is 0 Å². The molecule has 122 valence electrons. The van der Waals surface area contributed by atoms with Gasteiger partial charge in [0.15, 0.2) is 0 Å². The summed E-state index contributed by atoms with van der Waals surface area (Å²) in [4.78, 5) is 19.9. The van der Waals surface area contributed by atoms with E-state index in [9.17, 15) is 9.90 Å². The fourth-order valence-corrected chi connectivity index (χ4v) is 2.49. The largest absolute Gasteiger partial charge is 0.394 e. The quantitative estimate of drug-likeness (QED) is 0.751. The lowest BCUT2D eigenvalue weighted by atomic mass is 10.00. The Labute approximate surface area is 132 Å². The summed E-state index contributed by atoms with van der Waals surface area (Å²) >= 11 is 0. The number of nitrogens with zero attached hydrogens (tertiary/aromatic N) is 5. The predicted octanol–water partition coefficient (Wildman–Crippen LogP) is 1.13. The van der Waals surface area contributed by atoms with E-state index < -0.39 is 5.54 Å². The van der Waals surface area contributed by atoms with Gasteiger partial charge in [0.2, 0.25) is 5.78 Å². The SMILES string of the molecule is CC(C)c1c(-c2cnn(C(C)(C)CO)c2)[nH]c2ncnn2c1=O. The van der Waals surface area contributed by atoms with Crippen LogP contribution in [-0.2, 0) is 5.54 Å². The van der Waals surface area contributed by atoms with Crippen LogP contribution in [-0.4, -0.2) is 41.1 Å². The minimum atomic E-state index is -0.518. The molecule has 0 fully saturated rings. The summed E-state index contributed by atoms with van der Waals surface area (Å²) in [5.41, 5.74) is 1.39. The standard InChI is InChI=1S/C15H20N6O2/c1-9(2)11-12(19-14-16-8-18-21(14)13(11)23)10-5-17-20(6-10)15(3,4)7-22/h5-6,8-9,22H,7H2,1-4H3,(H,16,18,19). The van der Waals surface area contributed by atoms with Crippen molar-refractivity contribution in [2.45, 2.75) is 39.2 Å². The molecule has 0 spiro atoms. The Morgan fingerprint density at radius 3 is 2.74 bits per heavy atom. The first-order valence-electron chi connectivity index (χ1n) is 7.47. The van der Waals surface area contributed by atoms with Gasteiger partial charge >= 0.3 is 0 Å². The first-order chi connectivity index (χ1) is 10.8. The lowest BCUT2D eigenvalue weighted by Crippen LogP contribution is -2.30. The van der Waals surface area contributed by atoms with E-state index in [1.807, 2.05) is 33.9 Å². The topological polar surface area (TPSA) is 101 Å². The number of hydrogen-bond donors (Lipinski definition) is 2. The number of aromatic amines is 1. The molecule has 0 aliphatic heterocycles. The second-order valence-corrected chi connectivity index (χ2v) is 6.51. The average Bonchev–Trinajstić information content (AvgIpc) is 3.15. The highest BCUT2D eigenvalue weighted by Gasteiger charge is 2.23. The highest BCUT2D eigenvalue weighted by Crippen LogP contribution is 2.26. The zero-order valence-corrected chi connectivity index (χ0v) is 13.6. The van der Waals surface area contributed by atoms with E-state index in [1.54, 1.807) is 10.9 Å². The lowest BCUT2D eigenvalue weighted by molar-refractivity contribution is 0.152. The molecule has 0 saturated carbocycles. The summed E-state index contributed by atoms with van der Waals surface area (Å²) in [6.07, 6.45) is 4.85. The van der Waals surface area contributed by atoms with Gasteiger partial charge in [-0.2, -0.15) is 19.7 Å². The number of H-pyrrole nitrogens is 1. The van der Waals surface area contributed by atoms with Crippen LogP contribution in [0.2, 0.25) is 0 Å². The summed E-state index contributed by atoms with van der Waals surface area (Å²) in [7, 11) is 0. The number of hydrogen-bond acceptors (Lipinski definition) is 5. The number of fused-ring (bicyclic) bond motifs is 1. The first kappa shape index (κ1) is 15.4. The van der Waals surface area contributed by atoms with Gasteiger partial charge in [-0.1, -0.05) is 13.8 Å². The molecule has 0 unspecified atom stereocenters. The second kappa shape index (κ2) is 5.31. The van der Waals surface area contributed by atoms with E-state index in [2.05, 4.69) is 20.2 Å². The third kappa shape index (κ3) is 2.44. The van der Waals surface area contributed by atoms with Crippen molar-refractivity contribution in [3.8, 4) is 11.3 Å². The van der Waals surface area contributed by atoms with Crippen molar-refractivity contribution >= 4 is 5.78 Å². The van der Waals surface area contributed by atoms with E-state index in [0.29, 0.717) is 17.0 Å². The van der Waals surface area contributed by atoms with Gasteiger partial charge in [0.25, 0.3) is 5.56 Å². The summed E-state index contributed by atoms with van der Waals surface area (Å²) in [6.45, 7) is 7.65. The molecule has 3 rings (SSSR count). The van der Waals surface area contributed by atoms with Crippen LogP contribution in [0.1, 0.15) is 39.2 Å². The second-order valence-electron chi connectivity index (χ2n) is 6.51. The fourth-order valence-electron chi connectivity index (χ4n) is 2.49. The predicted molar refractivity (Wildman–Crippen MR) is 85.3 cm³/mol. The molecule has 3 heterocycles. The van der Waals surface area contributed by atoms with Crippen molar-refractivity contribution in [1.82, 2.24) is 29.4 Å². The van der Waals surface area contributed by atoms with E-state index >= 15 is 0 Å². The number of aromatic nitrogens is 6. The highest BCUT2D eigenvalue weighted by atomic mass is 16.3. The maximum absolute atomic E-state index is 12.7. The van der Waals surface area contributed by atoms with Gasteiger partial charge < -0.3 is 10.1 Å². The van der Waals surface area contributed by atoms with Crippen LogP contribution in [0, 0.1) is 0 Å². The van der Waals surface area contributed by atoms with Crippen molar-refractivity contribution in [2.24, 2.45) is 0 Å². The molecule has 3 aromatic rings. The molecule has 8 nitrogen and oxygen atoms in total. The molecule has 23 heavy (non-hydrogen) atoms. The van der Waals surface area contributed by atoms with E-state index in [0.717, 1.165) is 5.56 Å². The Bertz CT molecular complexity index is 902. The molecule has 0 atom stereocenters. The number of rotatable bonds is 4. The van der Waals surface area contributed by atoms with E-state index in [4.69, 9.17) is 0 Å². The minimum Gasteiger partial charge on any atom is -0.394 e. The van der Waals surface area contributed by atoms with Crippen LogP contribution in [0.15, 0.2) is 23.5 Å². The Hall–Kier alpha value is -2.48.